The Morgan fingerprint density at radius 2 is 1.83 bits per heavy atom. The van der Waals surface area contributed by atoms with Crippen LogP contribution in [0.2, 0.25) is 0 Å². The molecular formula is C23H16O7. The zero-order valence-electron chi connectivity index (χ0n) is 16.1. The quantitative estimate of drug-likeness (QED) is 0.293. The third-order valence-electron chi connectivity index (χ3n) is 5.47. The van der Waals surface area contributed by atoms with Crippen LogP contribution in [0.25, 0.3) is 21.9 Å². The fourth-order valence-corrected chi connectivity index (χ4v) is 4.06. The maximum atomic E-state index is 13.3. The first-order valence-electron chi connectivity index (χ1n) is 9.36. The average Bonchev–Trinajstić information content (AvgIpc) is 2.69. The Balaban J connectivity index is 1.88. The molecule has 7 heteroatoms. The minimum absolute atomic E-state index is 0.110. The molecule has 2 aromatic carbocycles. The highest BCUT2D eigenvalue weighted by molar-refractivity contribution is 5.92. The minimum Gasteiger partial charge on any atom is -0.504 e. The molecule has 1 aliphatic rings. The number of fused-ring (bicyclic) bond motifs is 4. The number of carbonyl (C=O) groups is 1. The molecule has 0 saturated carbocycles. The van der Waals surface area contributed by atoms with Crippen molar-refractivity contribution in [3.05, 3.63) is 79.5 Å². The van der Waals surface area contributed by atoms with Crippen LogP contribution in [0, 0.1) is 13.8 Å². The maximum Gasteiger partial charge on any atom is 0.336 e. The summed E-state index contributed by atoms with van der Waals surface area (Å²) in [4.78, 5) is 37.6. The molecule has 0 bridgehead atoms. The molecule has 1 unspecified atom stereocenters. The molecule has 7 nitrogen and oxygen atoms in total. The Morgan fingerprint density at radius 3 is 2.63 bits per heavy atom. The van der Waals surface area contributed by atoms with Gasteiger partial charge in [0.2, 0.25) is 0 Å². The van der Waals surface area contributed by atoms with Gasteiger partial charge in [0.05, 0.1) is 23.6 Å². The zero-order chi connectivity index (χ0) is 21.2. The molecule has 0 amide bonds. The highest BCUT2D eigenvalue weighted by Gasteiger charge is 2.36. The highest BCUT2D eigenvalue weighted by atomic mass is 16.5. The minimum atomic E-state index is -0.804. The molecule has 1 N–H and O–H groups in total. The van der Waals surface area contributed by atoms with E-state index in [1.807, 2.05) is 13.0 Å². The van der Waals surface area contributed by atoms with Crippen molar-refractivity contribution in [2.24, 2.45) is 0 Å². The molecule has 2 aromatic heterocycles. The molecule has 30 heavy (non-hydrogen) atoms. The SMILES string of the molecule is Cc1ccc2occ(C3CC(=O)Oc4c(O)cc5c(C)cc(=O)oc5c43)c(=O)c2c1. The lowest BCUT2D eigenvalue weighted by Crippen LogP contribution is -2.25. The van der Waals surface area contributed by atoms with Gasteiger partial charge in [0, 0.05) is 22.9 Å². The van der Waals surface area contributed by atoms with Crippen LogP contribution in [0.5, 0.6) is 11.5 Å². The van der Waals surface area contributed by atoms with Gasteiger partial charge in [-0.1, -0.05) is 11.6 Å². The van der Waals surface area contributed by atoms with E-state index in [2.05, 4.69) is 0 Å². The molecule has 4 aromatic rings. The summed E-state index contributed by atoms with van der Waals surface area (Å²) < 4.78 is 16.4. The standard InChI is InChI=1S/C23H16O7/c1-10-3-4-17-14(5-10)21(27)15(9-28-17)13-8-19(26)30-23-16(24)7-12-11(2)6-18(25)29-22(12)20(13)23/h3-7,9,13,24H,8H2,1-2H3. The van der Waals surface area contributed by atoms with Gasteiger partial charge in [-0.2, -0.15) is 0 Å². The first-order valence-corrected chi connectivity index (χ1v) is 9.36. The smallest absolute Gasteiger partial charge is 0.336 e. The number of carbonyl (C=O) groups excluding carboxylic acids is 1. The molecule has 1 atom stereocenters. The molecular weight excluding hydrogens is 388 g/mol. The Hall–Kier alpha value is -3.87. The van der Waals surface area contributed by atoms with Crippen LogP contribution in [0.1, 0.15) is 34.6 Å². The topological polar surface area (TPSA) is 107 Å². The van der Waals surface area contributed by atoms with Crippen molar-refractivity contribution < 1.29 is 23.5 Å². The predicted molar refractivity (Wildman–Crippen MR) is 108 cm³/mol. The largest absolute Gasteiger partial charge is 0.504 e. The Bertz CT molecular complexity index is 1490. The highest BCUT2D eigenvalue weighted by Crippen LogP contribution is 2.47. The summed E-state index contributed by atoms with van der Waals surface area (Å²) >= 11 is 0. The van der Waals surface area contributed by atoms with Crippen molar-refractivity contribution >= 4 is 27.9 Å². The van der Waals surface area contributed by atoms with Crippen LogP contribution in [-0.2, 0) is 4.79 Å². The second-order valence-corrected chi connectivity index (χ2v) is 7.51. The lowest BCUT2D eigenvalue weighted by atomic mass is 9.85. The van der Waals surface area contributed by atoms with Gasteiger partial charge < -0.3 is 18.7 Å². The number of rotatable bonds is 1. The number of hydrogen-bond acceptors (Lipinski definition) is 7. The Morgan fingerprint density at radius 1 is 1.03 bits per heavy atom. The Labute approximate surface area is 169 Å². The van der Waals surface area contributed by atoms with Gasteiger partial charge in [0.1, 0.15) is 11.2 Å². The second kappa shape index (κ2) is 6.32. The molecule has 0 fully saturated rings. The zero-order valence-corrected chi connectivity index (χ0v) is 16.1. The van der Waals surface area contributed by atoms with Crippen LogP contribution >= 0.6 is 0 Å². The van der Waals surface area contributed by atoms with Gasteiger partial charge in [-0.3, -0.25) is 9.59 Å². The second-order valence-electron chi connectivity index (χ2n) is 7.51. The number of esters is 1. The summed E-state index contributed by atoms with van der Waals surface area (Å²) in [5.41, 5.74) is 1.72. The number of phenolic OH excluding ortho intramolecular Hbond substituents is 1. The summed E-state index contributed by atoms with van der Waals surface area (Å²) in [6.45, 7) is 3.57. The van der Waals surface area contributed by atoms with Crippen LogP contribution in [-0.4, -0.2) is 11.1 Å². The number of aromatic hydroxyl groups is 1. The third-order valence-corrected chi connectivity index (χ3v) is 5.47. The van der Waals surface area contributed by atoms with Crippen LogP contribution in [0.3, 0.4) is 0 Å². The normalized spacial score (nSPS) is 15.9. The lowest BCUT2D eigenvalue weighted by molar-refractivity contribution is -0.135. The van der Waals surface area contributed by atoms with E-state index in [1.165, 1.54) is 18.4 Å². The van der Waals surface area contributed by atoms with E-state index < -0.39 is 17.5 Å². The Kier molecular flexibility index (Phi) is 3.83. The van der Waals surface area contributed by atoms with E-state index in [4.69, 9.17) is 13.6 Å². The van der Waals surface area contributed by atoms with Gasteiger partial charge >= 0.3 is 11.6 Å². The molecule has 0 saturated heterocycles. The van der Waals surface area contributed by atoms with Crippen molar-refractivity contribution in [2.45, 2.75) is 26.2 Å². The fourth-order valence-electron chi connectivity index (χ4n) is 4.06. The lowest BCUT2D eigenvalue weighted by Gasteiger charge is -2.25. The van der Waals surface area contributed by atoms with Crippen molar-refractivity contribution in [2.75, 3.05) is 0 Å². The van der Waals surface area contributed by atoms with Crippen molar-refractivity contribution in [3.63, 3.8) is 0 Å². The van der Waals surface area contributed by atoms with Crippen LogP contribution in [0.15, 0.2) is 55.0 Å². The number of aryl methyl sites for hydroxylation is 2. The predicted octanol–water partition coefficient (Wildman–Crippen LogP) is 3.66. The third kappa shape index (κ3) is 2.62. The van der Waals surface area contributed by atoms with Gasteiger partial charge in [0.15, 0.2) is 16.9 Å². The van der Waals surface area contributed by atoms with Crippen molar-refractivity contribution in [1.29, 1.82) is 0 Å². The van der Waals surface area contributed by atoms with E-state index in [0.29, 0.717) is 21.9 Å². The van der Waals surface area contributed by atoms with Crippen LogP contribution in [0.4, 0.5) is 0 Å². The van der Waals surface area contributed by atoms with E-state index in [9.17, 15) is 19.5 Å². The number of phenols is 1. The van der Waals surface area contributed by atoms with Crippen LogP contribution < -0.4 is 15.8 Å². The van der Waals surface area contributed by atoms with Crippen molar-refractivity contribution in [1.82, 2.24) is 0 Å². The van der Waals surface area contributed by atoms with Gasteiger partial charge in [-0.25, -0.2) is 4.79 Å². The molecule has 5 rings (SSSR count). The molecule has 3 heterocycles. The molecule has 1 aliphatic heterocycles. The van der Waals surface area contributed by atoms with Gasteiger partial charge in [0.25, 0.3) is 0 Å². The summed E-state index contributed by atoms with van der Waals surface area (Å²) in [5, 5.41) is 11.4. The van der Waals surface area contributed by atoms with E-state index in [0.717, 1.165) is 5.56 Å². The van der Waals surface area contributed by atoms with E-state index in [-0.39, 0.29) is 40.1 Å². The van der Waals surface area contributed by atoms with Crippen molar-refractivity contribution in [3.8, 4) is 11.5 Å². The monoisotopic (exact) mass is 404 g/mol. The van der Waals surface area contributed by atoms with E-state index in [1.54, 1.807) is 19.1 Å². The molecule has 0 spiro atoms. The van der Waals surface area contributed by atoms with Gasteiger partial charge in [-0.05, 0) is 37.6 Å². The average molecular weight is 404 g/mol. The number of ether oxygens (including phenoxy) is 1. The molecule has 150 valence electrons. The first-order chi connectivity index (χ1) is 14.3. The summed E-state index contributed by atoms with van der Waals surface area (Å²) in [6.07, 6.45) is 1.15. The van der Waals surface area contributed by atoms with E-state index >= 15 is 0 Å². The number of hydrogen-bond donors (Lipinski definition) is 1. The fraction of sp³-hybridized carbons (Fsp3) is 0.174. The molecule has 0 radical (unpaired) electrons. The first kappa shape index (κ1) is 18.2. The summed E-state index contributed by atoms with van der Waals surface area (Å²) in [5.74, 6) is -1.79. The summed E-state index contributed by atoms with van der Waals surface area (Å²) in [7, 11) is 0. The van der Waals surface area contributed by atoms with Gasteiger partial charge in [-0.15, -0.1) is 0 Å². The maximum absolute atomic E-state index is 13.3. The summed E-state index contributed by atoms with van der Waals surface area (Å²) in [6, 6.07) is 7.96. The number of benzene rings is 2. The molecule has 0 aliphatic carbocycles.